The van der Waals surface area contributed by atoms with Gasteiger partial charge in [-0.25, -0.2) is 0 Å². The van der Waals surface area contributed by atoms with Crippen LogP contribution in [0.2, 0.25) is 0 Å². The second-order valence-corrected chi connectivity index (χ2v) is 5.33. The van der Waals surface area contributed by atoms with Crippen LogP contribution in [-0.2, 0) is 6.54 Å². The highest BCUT2D eigenvalue weighted by molar-refractivity contribution is 5.54. The molecule has 1 N–H and O–H groups in total. The second-order valence-electron chi connectivity index (χ2n) is 5.33. The lowest BCUT2D eigenvalue weighted by molar-refractivity contribution is 0.321. The van der Waals surface area contributed by atoms with E-state index in [4.69, 9.17) is 0 Å². The molecule has 17 heavy (non-hydrogen) atoms. The summed E-state index contributed by atoms with van der Waals surface area (Å²) in [6.45, 7) is 4.38. The Morgan fingerprint density at radius 3 is 2.65 bits per heavy atom. The molecule has 2 heteroatoms. The lowest BCUT2D eigenvalue weighted by Gasteiger charge is -2.32. The summed E-state index contributed by atoms with van der Waals surface area (Å²) in [5.41, 5.74) is 4.14. The van der Waals surface area contributed by atoms with Crippen molar-refractivity contribution in [3.8, 4) is 0 Å². The van der Waals surface area contributed by atoms with E-state index in [2.05, 4.69) is 42.4 Å². The highest BCUT2D eigenvalue weighted by Gasteiger charge is 2.19. The van der Waals surface area contributed by atoms with Crippen LogP contribution < -0.4 is 10.2 Å². The molecule has 1 fully saturated rings. The van der Waals surface area contributed by atoms with E-state index < -0.39 is 0 Å². The van der Waals surface area contributed by atoms with Crippen molar-refractivity contribution < 1.29 is 0 Å². The van der Waals surface area contributed by atoms with Crippen LogP contribution in [0.15, 0.2) is 18.2 Å². The average molecular weight is 232 g/mol. The molecule has 0 bridgehead atoms. The molecule has 1 saturated carbocycles. The van der Waals surface area contributed by atoms with Crippen molar-refractivity contribution >= 4 is 5.69 Å². The lowest BCUT2D eigenvalue weighted by Crippen LogP contribution is -2.29. The van der Waals surface area contributed by atoms with Crippen LogP contribution in [0.5, 0.6) is 0 Å². The maximum absolute atomic E-state index is 3.20. The van der Waals surface area contributed by atoms with Gasteiger partial charge in [-0.1, -0.05) is 18.6 Å². The van der Waals surface area contributed by atoms with Crippen LogP contribution in [-0.4, -0.2) is 20.6 Å². The molecule has 0 saturated heterocycles. The SMILES string of the molecule is CNCc1ccc(N(C)CC2CCC2)c(C)c1. The molecule has 2 rings (SSSR count). The summed E-state index contributed by atoms with van der Waals surface area (Å²) in [5, 5.41) is 3.20. The topological polar surface area (TPSA) is 15.3 Å². The van der Waals surface area contributed by atoms with E-state index in [1.165, 1.54) is 42.6 Å². The van der Waals surface area contributed by atoms with Gasteiger partial charge < -0.3 is 10.2 Å². The van der Waals surface area contributed by atoms with Gasteiger partial charge in [-0.2, -0.15) is 0 Å². The fourth-order valence-corrected chi connectivity index (χ4v) is 2.62. The quantitative estimate of drug-likeness (QED) is 0.839. The summed E-state index contributed by atoms with van der Waals surface area (Å²) in [4.78, 5) is 2.42. The summed E-state index contributed by atoms with van der Waals surface area (Å²) in [6, 6.07) is 6.79. The van der Waals surface area contributed by atoms with Gasteiger partial charge in [-0.3, -0.25) is 0 Å². The number of hydrogen-bond donors (Lipinski definition) is 1. The first kappa shape index (κ1) is 12.4. The maximum Gasteiger partial charge on any atom is 0.0393 e. The minimum absolute atomic E-state index is 0.927. The Hall–Kier alpha value is -1.02. The predicted molar refractivity (Wildman–Crippen MR) is 74.6 cm³/mol. The van der Waals surface area contributed by atoms with Crippen molar-refractivity contribution in [3.63, 3.8) is 0 Å². The number of nitrogens with zero attached hydrogens (tertiary/aromatic N) is 1. The molecular formula is C15H24N2. The second kappa shape index (κ2) is 5.54. The average Bonchev–Trinajstić information content (AvgIpc) is 2.24. The molecule has 0 spiro atoms. The largest absolute Gasteiger partial charge is 0.374 e. The Bertz CT molecular complexity index is 369. The third-order valence-corrected chi connectivity index (χ3v) is 3.81. The van der Waals surface area contributed by atoms with E-state index in [9.17, 15) is 0 Å². The Balaban J connectivity index is 2.03. The van der Waals surface area contributed by atoms with E-state index in [1.54, 1.807) is 0 Å². The molecule has 94 valence electrons. The number of rotatable bonds is 5. The molecular weight excluding hydrogens is 208 g/mol. The Labute approximate surface area is 105 Å². The van der Waals surface area contributed by atoms with Gasteiger partial charge in [0.2, 0.25) is 0 Å². The van der Waals surface area contributed by atoms with E-state index in [1.807, 2.05) is 7.05 Å². The number of hydrogen-bond acceptors (Lipinski definition) is 2. The van der Waals surface area contributed by atoms with Crippen LogP contribution in [0.4, 0.5) is 5.69 Å². The molecule has 0 aromatic heterocycles. The molecule has 0 heterocycles. The molecule has 1 aliphatic rings. The molecule has 0 unspecified atom stereocenters. The first-order valence-electron chi connectivity index (χ1n) is 6.66. The standard InChI is InChI=1S/C15H24N2/c1-12-9-14(10-16-2)7-8-15(12)17(3)11-13-5-4-6-13/h7-9,13,16H,4-6,10-11H2,1-3H3. The molecule has 0 amide bonds. The molecule has 1 aromatic carbocycles. The monoisotopic (exact) mass is 232 g/mol. The number of benzene rings is 1. The van der Waals surface area contributed by atoms with Gasteiger partial charge in [0.1, 0.15) is 0 Å². The maximum atomic E-state index is 3.20. The number of anilines is 1. The van der Waals surface area contributed by atoms with Gasteiger partial charge in [0.25, 0.3) is 0 Å². The van der Waals surface area contributed by atoms with Crippen molar-refractivity contribution in [1.82, 2.24) is 5.32 Å². The summed E-state index contributed by atoms with van der Waals surface area (Å²) < 4.78 is 0. The minimum atomic E-state index is 0.927. The van der Waals surface area contributed by atoms with E-state index in [0.29, 0.717) is 0 Å². The van der Waals surface area contributed by atoms with Crippen molar-refractivity contribution in [3.05, 3.63) is 29.3 Å². The molecule has 0 atom stereocenters. The highest BCUT2D eigenvalue weighted by atomic mass is 15.1. The van der Waals surface area contributed by atoms with Gasteiger partial charge in [-0.15, -0.1) is 0 Å². The zero-order valence-electron chi connectivity index (χ0n) is 11.3. The van der Waals surface area contributed by atoms with E-state index in [-0.39, 0.29) is 0 Å². The van der Waals surface area contributed by atoms with Crippen LogP contribution >= 0.6 is 0 Å². The van der Waals surface area contributed by atoms with Crippen molar-refractivity contribution in [1.29, 1.82) is 0 Å². The zero-order chi connectivity index (χ0) is 12.3. The summed E-state index contributed by atoms with van der Waals surface area (Å²) in [5.74, 6) is 0.927. The Morgan fingerprint density at radius 2 is 2.12 bits per heavy atom. The van der Waals surface area contributed by atoms with Crippen LogP contribution in [0.3, 0.4) is 0 Å². The fraction of sp³-hybridized carbons (Fsp3) is 0.600. The third-order valence-electron chi connectivity index (χ3n) is 3.81. The molecule has 2 nitrogen and oxygen atoms in total. The van der Waals surface area contributed by atoms with E-state index >= 15 is 0 Å². The molecule has 0 radical (unpaired) electrons. The van der Waals surface area contributed by atoms with Crippen LogP contribution in [0.1, 0.15) is 30.4 Å². The smallest absolute Gasteiger partial charge is 0.0393 e. The van der Waals surface area contributed by atoms with Gasteiger partial charge in [0.05, 0.1) is 0 Å². The molecule has 1 aliphatic carbocycles. The summed E-state index contributed by atoms with van der Waals surface area (Å²) >= 11 is 0. The first-order valence-corrected chi connectivity index (χ1v) is 6.66. The Kier molecular flexibility index (Phi) is 4.06. The van der Waals surface area contributed by atoms with Gasteiger partial charge in [0.15, 0.2) is 0 Å². The third kappa shape index (κ3) is 3.01. The predicted octanol–water partition coefficient (Wildman–Crippen LogP) is 2.95. The van der Waals surface area contributed by atoms with Gasteiger partial charge in [-0.05, 0) is 49.9 Å². The summed E-state index contributed by atoms with van der Waals surface area (Å²) in [6.07, 6.45) is 4.26. The zero-order valence-corrected chi connectivity index (χ0v) is 11.3. The van der Waals surface area contributed by atoms with Crippen molar-refractivity contribution in [2.45, 2.75) is 32.7 Å². The number of aryl methyl sites for hydroxylation is 1. The molecule has 1 aromatic rings. The van der Waals surface area contributed by atoms with Crippen molar-refractivity contribution in [2.75, 3.05) is 25.5 Å². The van der Waals surface area contributed by atoms with E-state index in [0.717, 1.165) is 12.5 Å². The van der Waals surface area contributed by atoms with Crippen molar-refractivity contribution in [2.24, 2.45) is 5.92 Å². The first-order chi connectivity index (χ1) is 8.20. The van der Waals surface area contributed by atoms with Gasteiger partial charge >= 0.3 is 0 Å². The van der Waals surface area contributed by atoms with Crippen LogP contribution in [0, 0.1) is 12.8 Å². The normalized spacial score (nSPS) is 15.7. The summed E-state index contributed by atoms with van der Waals surface area (Å²) in [7, 11) is 4.21. The lowest BCUT2D eigenvalue weighted by atomic mass is 9.85. The van der Waals surface area contributed by atoms with Gasteiger partial charge in [0, 0.05) is 25.8 Å². The highest BCUT2D eigenvalue weighted by Crippen LogP contribution is 2.29. The van der Waals surface area contributed by atoms with Crippen LogP contribution in [0.25, 0.3) is 0 Å². The minimum Gasteiger partial charge on any atom is -0.374 e. The number of nitrogens with one attached hydrogen (secondary N) is 1. The fourth-order valence-electron chi connectivity index (χ4n) is 2.62. The molecule has 0 aliphatic heterocycles. The Morgan fingerprint density at radius 1 is 1.35 bits per heavy atom.